The van der Waals surface area contributed by atoms with Crippen LogP contribution in [0.1, 0.15) is 53.9 Å². The minimum atomic E-state index is -0.230. The molecule has 0 aliphatic rings. The van der Waals surface area contributed by atoms with Gasteiger partial charge in [-0.05, 0) is 46.7 Å². The first-order chi connectivity index (χ1) is 7.67. The summed E-state index contributed by atoms with van der Waals surface area (Å²) in [4.78, 5) is 2.37. The van der Waals surface area contributed by atoms with Gasteiger partial charge < -0.3 is 15.8 Å². The monoisotopic (exact) mass is 243 g/mol. The molecule has 0 spiro atoms. The van der Waals surface area contributed by atoms with E-state index >= 15 is 0 Å². The molecule has 0 radical (unpaired) electrons. The van der Waals surface area contributed by atoms with Gasteiger partial charge in [0.1, 0.15) is 5.84 Å². The van der Waals surface area contributed by atoms with Crippen molar-refractivity contribution in [3.05, 3.63) is 0 Å². The van der Waals surface area contributed by atoms with Crippen LogP contribution in [0.4, 0.5) is 0 Å². The number of nitrogens with two attached hydrogens (primary N) is 1. The average molecular weight is 243 g/mol. The highest BCUT2D eigenvalue weighted by Gasteiger charge is 2.25. The second-order valence-electron chi connectivity index (χ2n) is 6.06. The summed E-state index contributed by atoms with van der Waals surface area (Å²) in [5.41, 5.74) is 5.67. The zero-order valence-corrected chi connectivity index (χ0v) is 12.2. The predicted molar refractivity (Wildman–Crippen MR) is 73.4 cm³/mol. The van der Waals surface area contributed by atoms with Gasteiger partial charge in [-0.25, -0.2) is 0 Å². The third-order valence-electron chi connectivity index (χ3n) is 4.00. The van der Waals surface area contributed by atoms with Crippen molar-refractivity contribution in [1.29, 1.82) is 0 Å². The third kappa shape index (κ3) is 4.94. The number of hydrogen-bond acceptors (Lipinski definition) is 3. The Kier molecular flexibility index (Phi) is 5.96. The summed E-state index contributed by atoms with van der Waals surface area (Å²) >= 11 is 0. The number of oxime groups is 1. The highest BCUT2D eigenvalue weighted by molar-refractivity contribution is 5.85. The Balaban J connectivity index is 4.17. The number of nitrogens with zero attached hydrogens (tertiary/aromatic N) is 2. The molecule has 0 fully saturated rings. The molecule has 4 nitrogen and oxygen atoms in total. The van der Waals surface area contributed by atoms with Crippen LogP contribution in [-0.4, -0.2) is 35.1 Å². The molecule has 3 N–H and O–H groups in total. The summed E-state index contributed by atoms with van der Waals surface area (Å²) in [6.45, 7) is 11.8. The summed E-state index contributed by atoms with van der Waals surface area (Å²) < 4.78 is 0. The Morgan fingerprint density at radius 2 is 1.82 bits per heavy atom. The molecule has 0 saturated carbocycles. The van der Waals surface area contributed by atoms with E-state index in [2.05, 4.69) is 37.9 Å². The van der Waals surface area contributed by atoms with Crippen molar-refractivity contribution in [2.75, 3.05) is 13.6 Å². The zero-order chi connectivity index (χ0) is 13.7. The molecule has 102 valence electrons. The van der Waals surface area contributed by atoms with Gasteiger partial charge >= 0.3 is 0 Å². The minimum absolute atomic E-state index is 0.230. The van der Waals surface area contributed by atoms with Crippen LogP contribution in [-0.2, 0) is 0 Å². The molecule has 0 heterocycles. The smallest absolute Gasteiger partial charge is 0.144 e. The lowest BCUT2D eigenvalue weighted by Crippen LogP contribution is -2.41. The fourth-order valence-electron chi connectivity index (χ4n) is 1.59. The van der Waals surface area contributed by atoms with E-state index in [9.17, 15) is 0 Å². The summed E-state index contributed by atoms with van der Waals surface area (Å²) in [5, 5.41) is 11.8. The van der Waals surface area contributed by atoms with Crippen molar-refractivity contribution in [1.82, 2.24) is 4.90 Å². The summed E-state index contributed by atoms with van der Waals surface area (Å²) in [7, 11) is 2.15. The van der Waals surface area contributed by atoms with E-state index in [1.165, 1.54) is 0 Å². The van der Waals surface area contributed by atoms with Gasteiger partial charge in [-0.15, -0.1) is 0 Å². The van der Waals surface area contributed by atoms with Gasteiger partial charge in [0.05, 0.1) is 0 Å². The van der Waals surface area contributed by atoms with E-state index in [0.717, 1.165) is 25.8 Å². The number of amidine groups is 1. The van der Waals surface area contributed by atoms with Crippen LogP contribution in [0, 0.1) is 5.41 Å². The Morgan fingerprint density at radius 3 is 2.24 bits per heavy atom. The molecule has 0 unspecified atom stereocenters. The number of hydrogen-bond donors (Lipinski definition) is 2. The van der Waals surface area contributed by atoms with Crippen molar-refractivity contribution in [2.24, 2.45) is 16.3 Å². The van der Waals surface area contributed by atoms with Crippen molar-refractivity contribution >= 4 is 5.84 Å². The lowest BCUT2D eigenvalue weighted by Gasteiger charge is -2.35. The molecule has 0 rings (SSSR count). The molecule has 0 atom stereocenters. The second-order valence-corrected chi connectivity index (χ2v) is 6.06. The lowest BCUT2D eigenvalue weighted by molar-refractivity contribution is 0.145. The molecule has 0 aromatic carbocycles. The highest BCUT2D eigenvalue weighted by Crippen LogP contribution is 2.24. The summed E-state index contributed by atoms with van der Waals surface area (Å²) in [6.07, 6.45) is 3.10. The zero-order valence-electron chi connectivity index (χ0n) is 12.2. The van der Waals surface area contributed by atoms with Gasteiger partial charge in [0.2, 0.25) is 0 Å². The molecule has 0 aromatic rings. The van der Waals surface area contributed by atoms with Gasteiger partial charge in [-0.1, -0.05) is 25.9 Å². The highest BCUT2D eigenvalue weighted by atomic mass is 16.4. The Hall–Kier alpha value is -0.770. The van der Waals surface area contributed by atoms with Gasteiger partial charge in [0.15, 0.2) is 0 Å². The first-order valence-corrected chi connectivity index (χ1v) is 6.36. The normalized spacial score (nSPS) is 14.4. The molecule has 0 aromatic heterocycles. The lowest BCUT2D eigenvalue weighted by atomic mass is 9.86. The number of rotatable bonds is 7. The van der Waals surface area contributed by atoms with Crippen LogP contribution in [0.3, 0.4) is 0 Å². The fraction of sp³-hybridized carbons (Fsp3) is 0.923. The van der Waals surface area contributed by atoms with E-state index in [-0.39, 0.29) is 11.0 Å². The van der Waals surface area contributed by atoms with Crippen molar-refractivity contribution in [2.45, 2.75) is 59.4 Å². The average Bonchev–Trinajstić information content (AvgIpc) is 2.27. The van der Waals surface area contributed by atoms with Crippen molar-refractivity contribution in [3.8, 4) is 0 Å². The molecular formula is C13H29N3O. The second kappa shape index (κ2) is 6.24. The van der Waals surface area contributed by atoms with Crippen LogP contribution in [0.25, 0.3) is 0 Å². The molecule has 0 aliphatic heterocycles. The van der Waals surface area contributed by atoms with E-state index in [0.29, 0.717) is 5.84 Å². The molecule has 17 heavy (non-hydrogen) atoms. The standard InChI is InChI=1S/C13H29N3O/c1-7-13(4,5)16(6)10-8-9-12(2,3)11(14)15-17/h17H,7-10H2,1-6H3,(H2,14,15). The van der Waals surface area contributed by atoms with Crippen molar-refractivity contribution in [3.63, 3.8) is 0 Å². The summed E-state index contributed by atoms with van der Waals surface area (Å²) in [5.74, 6) is 0.315. The Morgan fingerprint density at radius 1 is 1.29 bits per heavy atom. The maximum atomic E-state index is 8.70. The van der Waals surface area contributed by atoms with Crippen LogP contribution < -0.4 is 5.73 Å². The molecule has 0 amide bonds. The largest absolute Gasteiger partial charge is 0.409 e. The predicted octanol–water partition coefficient (Wildman–Crippen LogP) is 2.66. The molecular weight excluding hydrogens is 214 g/mol. The molecule has 0 bridgehead atoms. The van der Waals surface area contributed by atoms with Gasteiger partial charge in [0, 0.05) is 11.0 Å². The summed E-state index contributed by atoms with van der Waals surface area (Å²) in [6, 6.07) is 0. The first kappa shape index (κ1) is 16.2. The minimum Gasteiger partial charge on any atom is -0.409 e. The van der Waals surface area contributed by atoms with Crippen LogP contribution in [0.5, 0.6) is 0 Å². The SMILES string of the molecule is CCC(C)(C)N(C)CCCC(C)(C)C(N)=NO. The van der Waals surface area contributed by atoms with E-state index in [4.69, 9.17) is 10.9 Å². The van der Waals surface area contributed by atoms with E-state index < -0.39 is 0 Å². The quantitative estimate of drug-likeness (QED) is 0.313. The van der Waals surface area contributed by atoms with E-state index in [1.54, 1.807) is 0 Å². The topological polar surface area (TPSA) is 61.8 Å². The first-order valence-electron chi connectivity index (χ1n) is 6.36. The Bertz CT molecular complexity index is 259. The van der Waals surface area contributed by atoms with Crippen LogP contribution >= 0.6 is 0 Å². The van der Waals surface area contributed by atoms with Gasteiger partial charge in [0.25, 0.3) is 0 Å². The molecule has 0 saturated heterocycles. The van der Waals surface area contributed by atoms with Gasteiger partial charge in [-0.3, -0.25) is 0 Å². The third-order valence-corrected chi connectivity index (χ3v) is 4.00. The maximum Gasteiger partial charge on any atom is 0.144 e. The molecule has 0 aliphatic carbocycles. The molecule has 4 heteroatoms. The maximum absolute atomic E-state index is 8.70. The van der Waals surface area contributed by atoms with Crippen LogP contribution in [0.15, 0.2) is 5.16 Å². The van der Waals surface area contributed by atoms with E-state index in [1.807, 2.05) is 13.8 Å². The van der Waals surface area contributed by atoms with Crippen LogP contribution in [0.2, 0.25) is 0 Å². The van der Waals surface area contributed by atoms with Gasteiger partial charge in [-0.2, -0.15) is 0 Å². The van der Waals surface area contributed by atoms with Crippen molar-refractivity contribution < 1.29 is 5.21 Å². The Labute approximate surface area is 106 Å². The fourth-order valence-corrected chi connectivity index (χ4v) is 1.59.